The highest BCUT2D eigenvalue weighted by Gasteiger charge is 2.07. The van der Waals surface area contributed by atoms with Gasteiger partial charge in [-0.05, 0) is 18.6 Å². The molecule has 0 bridgehead atoms. The smallest absolute Gasteiger partial charge is 0.162 e. The molecule has 1 aromatic carbocycles. The highest BCUT2D eigenvalue weighted by molar-refractivity contribution is 5.82. The van der Waals surface area contributed by atoms with Crippen molar-refractivity contribution in [2.45, 2.75) is 19.8 Å². The van der Waals surface area contributed by atoms with Gasteiger partial charge in [0.05, 0.1) is 19.7 Å². The molecule has 0 aliphatic rings. The Kier molecular flexibility index (Phi) is 3.47. The third kappa shape index (κ3) is 2.33. The van der Waals surface area contributed by atoms with E-state index in [1.165, 1.54) is 0 Å². The van der Waals surface area contributed by atoms with Crippen molar-refractivity contribution >= 4 is 10.9 Å². The van der Waals surface area contributed by atoms with Crippen LogP contribution < -0.4 is 9.47 Å². The second-order valence-corrected chi connectivity index (χ2v) is 3.95. The van der Waals surface area contributed by atoms with Gasteiger partial charge in [-0.1, -0.05) is 19.4 Å². The van der Waals surface area contributed by atoms with Crippen LogP contribution in [-0.4, -0.2) is 19.2 Å². The lowest BCUT2D eigenvalue weighted by molar-refractivity contribution is 0.356. The van der Waals surface area contributed by atoms with Crippen LogP contribution in [0.25, 0.3) is 10.9 Å². The van der Waals surface area contributed by atoms with Gasteiger partial charge < -0.3 is 9.47 Å². The van der Waals surface area contributed by atoms with Crippen molar-refractivity contribution in [3.8, 4) is 11.5 Å². The van der Waals surface area contributed by atoms with Crippen LogP contribution in [0.1, 0.15) is 19.0 Å². The Morgan fingerprint density at radius 2 is 1.76 bits per heavy atom. The first-order chi connectivity index (χ1) is 8.28. The normalized spacial score (nSPS) is 10.5. The predicted octanol–water partition coefficient (Wildman–Crippen LogP) is 3.20. The number of hydrogen-bond acceptors (Lipinski definition) is 3. The van der Waals surface area contributed by atoms with E-state index in [2.05, 4.69) is 24.0 Å². The van der Waals surface area contributed by atoms with Crippen LogP contribution in [0, 0.1) is 0 Å². The topological polar surface area (TPSA) is 31.4 Å². The van der Waals surface area contributed by atoms with Crippen LogP contribution in [0.5, 0.6) is 11.5 Å². The number of aryl methyl sites for hydroxylation is 1. The summed E-state index contributed by atoms with van der Waals surface area (Å²) >= 11 is 0. The lowest BCUT2D eigenvalue weighted by Gasteiger charge is -2.09. The van der Waals surface area contributed by atoms with E-state index in [0.29, 0.717) is 0 Å². The van der Waals surface area contributed by atoms with Crippen molar-refractivity contribution in [1.82, 2.24) is 4.98 Å². The lowest BCUT2D eigenvalue weighted by atomic mass is 10.1. The molecule has 1 heterocycles. The second kappa shape index (κ2) is 5.04. The summed E-state index contributed by atoms with van der Waals surface area (Å²) in [6.45, 7) is 2.15. The maximum atomic E-state index is 5.28. The number of benzene rings is 1. The molecule has 1 aromatic heterocycles. The van der Waals surface area contributed by atoms with Crippen LogP contribution >= 0.6 is 0 Å². The average Bonchev–Trinajstić information content (AvgIpc) is 2.37. The van der Waals surface area contributed by atoms with Crippen molar-refractivity contribution in [2.75, 3.05) is 14.2 Å². The van der Waals surface area contributed by atoms with E-state index in [-0.39, 0.29) is 0 Å². The zero-order valence-electron chi connectivity index (χ0n) is 10.5. The summed E-state index contributed by atoms with van der Waals surface area (Å²) in [7, 11) is 3.28. The van der Waals surface area contributed by atoms with Gasteiger partial charge in [-0.15, -0.1) is 0 Å². The van der Waals surface area contributed by atoms with Gasteiger partial charge in [-0.3, -0.25) is 4.98 Å². The zero-order chi connectivity index (χ0) is 12.3. The number of pyridine rings is 1. The van der Waals surface area contributed by atoms with E-state index in [4.69, 9.17) is 9.47 Å². The minimum Gasteiger partial charge on any atom is -0.493 e. The van der Waals surface area contributed by atoms with Gasteiger partial charge >= 0.3 is 0 Å². The third-order valence-electron chi connectivity index (χ3n) is 2.76. The lowest BCUT2D eigenvalue weighted by Crippen LogP contribution is -1.93. The fraction of sp³-hybridized carbons (Fsp3) is 0.357. The quantitative estimate of drug-likeness (QED) is 0.809. The molecule has 0 aliphatic heterocycles. The van der Waals surface area contributed by atoms with Gasteiger partial charge in [0.25, 0.3) is 0 Å². The number of ether oxygens (including phenoxy) is 2. The first kappa shape index (κ1) is 11.7. The van der Waals surface area contributed by atoms with Gasteiger partial charge in [0.1, 0.15) is 0 Å². The molecule has 17 heavy (non-hydrogen) atoms. The van der Waals surface area contributed by atoms with Crippen LogP contribution in [0.2, 0.25) is 0 Å². The molecule has 0 amide bonds. The van der Waals surface area contributed by atoms with E-state index >= 15 is 0 Å². The standard InChI is InChI=1S/C14H17NO2/c1-4-5-11-7-6-10-8-13(16-2)14(17-3)9-12(10)15-11/h6-9H,4-5H2,1-3H3. The predicted molar refractivity (Wildman–Crippen MR) is 68.8 cm³/mol. The number of methoxy groups -OCH3 is 2. The third-order valence-corrected chi connectivity index (χ3v) is 2.76. The van der Waals surface area contributed by atoms with E-state index in [1.807, 2.05) is 12.1 Å². The molecule has 0 saturated carbocycles. The molecule has 90 valence electrons. The molecule has 0 aliphatic carbocycles. The number of aromatic nitrogens is 1. The van der Waals surface area contributed by atoms with Gasteiger partial charge in [0.15, 0.2) is 11.5 Å². The van der Waals surface area contributed by atoms with Gasteiger partial charge in [-0.2, -0.15) is 0 Å². The number of rotatable bonds is 4. The highest BCUT2D eigenvalue weighted by Crippen LogP contribution is 2.31. The molecule has 0 spiro atoms. The highest BCUT2D eigenvalue weighted by atomic mass is 16.5. The van der Waals surface area contributed by atoms with Crippen LogP contribution in [-0.2, 0) is 6.42 Å². The molecular formula is C14H17NO2. The molecule has 2 aromatic rings. The van der Waals surface area contributed by atoms with Crippen LogP contribution in [0.4, 0.5) is 0 Å². The minimum absolute atomic E-state index is 0.723. The van der Waals surface area contributed by atoms with Gasteiger partial charge in [-0.25, -0.2) is 0 Å². The first-order valence-electron chi connectivity index (χ1n) is 5.80. The van der Waals surface area contributed by atoms with Crippen molar-refractivity contribution in [1.29, 1.82) is 0 Å². The Labute approximate surface area is 101 Å². The molecule has 3 nitrogen and oxygen atoms in total. The SMILES string of the molecule is CCCc1ccc2cc(OC)c(OC)cc2n1. The molecular weight excluding hydrogens is 214 g/mol. The van der Waals surface area contributed by atoms with Crippen LogP contribution in [0.15, 0.2) is 24.3 Å². The van der Waals surface area contributed by atoms with Crippen LogP contribution in [0.3, 0.4) is 0 Å². The Hall–Kier alpha value is -1.77. The summed E-state index contributed by atoms with van der Waals surface area (Å²) in [6.07, 6.45) is 2.11. The van der Waals surface area contributed by atoms with E-state index in [1.54, 1.807) is 14.2 Å². The summed E-state index contributed by atoms with van der Waals surface area (Å²) in [5, 5.41) is 1.07. The Morgan fingerprint density at radius 1 is 1.06 bits per heavy atom. The molecule has 0 saturated heterocycles. The number of hydrogen-bond donors (Lipinski definition) is 0. The fourth-order valence-electron chi connectivity index (χ4n) is 1.89. The van der Waals surface area contributed by atoms with Gasteiger partial charge in [0.2, 0.25) is 0 Å². The molecule has 2 rings (SSSR count). The van der Waals surface area contributed by atoms with Gasteiger partial charge in [0, 0.05) is 17.1 Å². The summed E-state index contributed by atoms with van der Waals surface area (Å²) in [4.78, 5) is 4.61. The molecule has 0 fully saturated rings. The molecule has 3 heteroatoms. The zero-order valence-corrected chi connectivity index (χ0v) is 10.5. The number of fused-ring (bicyclic) bond motifs is 1. The molecule has 0 atom stereocenters. The average molecular weight is 231 g/mol. The fourth-order valence-corrected chi connectivity index (χ4v) is 1.89. The molecule has 0 unspecified atom stereocenters. The van der Waals surface area contributed by atoms with Crippen molar-refractivity contribution in [2.24, 2.45) is 0 Å². The largest absolute Gasteiger partial charge is 0.493 e. The van der Waals surface area contributed by atoms with Crippen molar-refractivity contribution in [3.05, 3.63) is 30.0 Å². The summed E-state index contributed by atoms with van der Waals surface area (Å²) in [6, 6.07) is 8.03. The first-order valence-corrected chi connectivity index (χ1v) is 5.80. The maximum absolute atomic E-state index is 5.28. The van der Waals surface area contributed by atoms with E-state index < -0.39 is 0 Å². The number of nitrogens with zero attached hydrogens (tertiary/aromatic N) is 1. The Bertz CT molecular complexity index is 523. The Balaban J connectivity index is 2.54. The van der Waals surface area contributed by atoms with E-state index in [9.17, 15) is 0 Å². The minimum atomic E-state index is 0.723. The Morgan fingerprint density at radius 3 is 2.41 bits per heavy atom. The summed E-state index contributed by atoms with van der Waals surface area (Å²) < 4.78 is 10.5. The molecule has 0 N–H and O–H groups in total. The van der Waals surface area contributed by atoms with Crippen molar-refractivity contribution in [3.63, 3.8) is 0 Å². The summed E-state index contributed by atoms with van der Waals surface area (Å²) in [5.41, 5.74) is 2.07. The maximum Gasteiger partial charge on any atom is 0.162 e. The van der Waals surface area contributed by atoms with E-state index in [0.717, 1.165) is 40.9 Å². The van der Waals surface area contributed by atoms with Crippen molar-refractivity contribution < 1.29 is 9.47 Å². The summed E-state index contributed by atoms with van der Waals surface area (Å²) in [5.74, 6) is 1.46. The molecule has 0 radical (unpaired) electrons. The monoisotopic (exact) mass is 231 g/mol. The second-order valence-electron chi connectivity index (χ2n) is 3.95.